The minimum atomic E-state index is 0.600. The molecule has 0 saturated carbocycles. The predicted molar refractivity (Wildman–Crippen MR) is 79.5 cm³/mol. The summed E-state index contributed by atoms with van der Waals surface area (Å²) in [6, 6.07) is 8.57. The van der Waals surface area contributed by atoms with Crippen LogP contribution in [-0.4, -0.2) is 28.9 Å². The third-order valence-corrected chi connectivity index (χ3v) is 3.49. The van der Waals surface area contributed by atoms with Gasteiger partial charge in [-0.15, -0.1) is 5.10 Å². The molecule has 2 rings (SSSR count). The first-order valence-electron chi connectivity index (χ1n) is 6.71. The maximum absolute atomic E-state index is 4.55. The number of benzene rings is 1. The third-order valence-electron chi connectivity index (χ3n) is 3.49. The Morgan fingerprint density at radius 3 is 2.32 bits per heavy atom. The molecule has 1 atom stereocenters. The summed E-state index contributed by atoms with van der Waals surface area (Å²) in [7, 11) is 5.86. The predicted octanol–water partition coefficient (Wildman–Crippen LogP) is 3.06. The second-order valence-corrected chi connectivity index (χ2v) is 5.18. The Morgan fingerprint density at radius 1 is 1.21 bits per heavy atom. The van der Waals surface area contributed by atoms with E-state index in [1.807, 2.05) is 26.0 Å². The van der Waals surface area contributed by atoms with Crippen molar-refractivity contribution < 1.29 is 0 Å². The average Bonchev–Trinajstić information content (AvgIpc) is 2.80. The van der Waals surface area contributed by atoms with Crippen molar-refractivity contribution in [3.63, 3.8) is 0 Å². The van der Waals surface area contributed by atoms with Crippen molar-refractivity contribution in [3.8, 4) is 11.4 Å². The molecule has 102 valence electrons. The Bertz CT molecular complexity index is 540. The van der Waals surface area contributed by atoms with Crippen molar-refractivity contribution in [1.82, 2.24) is 14.8 Å². The molecule has 0 fully saturated rings. The highest BCUT2D eigenvalue weighted by molar-refractivity contribution is 5.57. The molecule has 4 nitrogen and oxygen atoms in total. The highest BCUT2D eigenvalue weighted by atomic mass is 15.4. The van der Waals surface area contributed by atoms with E-state index in [4.69, 9.17) is 0 Å². The van der Waals surface area contributed by atoms with E-state index in [0.717, 1.165) is 23.8 Å². The fourth-order valence-corrected chi connectivity index (χ4v) is 2.08. The van der Waals surface area contributed by atoms with Gasteiger partial charge in [0.15, 0.2) is 5.82 Å². The van der Waals surface area contributed by atoms with Crippen LogP contribution in [0.1, 0.15) is 31.7 Å². The maximum Gasteiger partial charge on any atom is 0.223 e. The van der Waals surface area contributed by atoms with Gasteiger partial charge in [0.1, 0.15) is 0 Å². The molecule has 4 heteroatoms. The average molecular weight is 258 g/mol. The Labute approximate surface area is 115 Å². The van der Waals surface area contributed by atoms with Crippen LogP contribution in [0.4, 0.5) is 5.95 Å². The van der Waals surface area contributed by atoms with E-state index in [1.165, 1.54) is 5.56 Å². The van der Waals surface area contributed by atoms with Gasteiger partial charge in [-0.1, -0.05) is 38.1 Å². The van der Waals surface area contributed by atoms with E-state index in [2.05, 4.69) is 48.2 Å². The van der Waals surface area contributed by atoms with Crippen LogP contribution < -0.4 is 4.90 Å². The first kappa shape index (κ1) is 13.6. The van der Waals surface area contributed by atoms with Crippen LogP contribution in [0.25, 0.3) is 11.4 Å². The second kappa shape index (κ2) is 5.43. The van der Waals surface area contributed by atoms with Crippen molar-refractivity contribution in [2.24, 2.45) is 7.05 Å². The Kier molecular flexibility index (Phi) is 3.88. The topological polar surface area (TPSA) is 34.0 Å². The molecular weight excluding hydrogens is 236 g/mol. The normalized spacial score (nSPS) is 12.5. The first-order chi connectivity index (χ1) is 9.02. The Morgan fingerprint density at radius 2 is 1.84 bits per heavy atom. The first-order valence-corrected chi connectivity index (χ1v) is 6.71. The van der Waals surface area contributed by atoms with Crippen LogP contribution >= 0.6 is 0 Å². The lowest BCUT2D eigenvalue weighted by Gasteiger charge is -2.09. The third kappa shape index (κ3) is 2.78. The molecule has 0 radical (unpaired) electrons. The molecular formula is C15H22N4. The number of hydrogen-bond donors (Lipinski definition) is 0. The highest BCUT2D eigenvalue weighted by Gasteiger charge is 2.11. The van der Waals surface area contributed by atoms with E-state index in [1.54, 1.807) is 4.68 Å². The zero-order chi connectivity index (χ0) is 14.0. The van der Waals surface area contributed by atoms with Crippen molar-refractivity contribution in [2.75, 3.05) is 19.0 Å². The summed E-state index contributed by atoms with van der Waals surface area (Å²) in [5.74, 6) is 2.24. The van der Waals surface area contributed by atoms with E-state index < -0.39 is 0 Å². The number of aryl methyl sites for hydroxylation is 1. The van der Waals surface area contributed by atoms with Gasteiger partial charge in [0.25, 0.3) is 0 Å². The summed E-state index contributed by atoms with van der Waals surface area (Å²) in [4.78, 5) is 6.51. The molecule has 0 aliphatic heterocycles. The molecule has 0 bridgehead atoms. The van der Waals surface area contributed by atoms with Gasteiger partial charge in [0.05, 0.1) is 0 Å². The zero-order valence-electron chi connectivity index (χ0n) is 12.4. The molecule has 0 N–H and O–H groups in total. The summed E-state index contributed by atoms with van der Waals surface area (Å²) >= 11 is 0. The quantitative estimate of drug-likeness (QED) is 0.845. The lowest BCUT2D eigenvalue weighted by molar-refractivity contribution is 0.733. The molecule has 2 aromatic rings. The fraction of sp³-hybridized carbons (Fsp3) is 0.467. The summed E-state index contributed by atoms with van der Waals surface area (Å²) in [5.41, 5.74) is 2.44. The summed E-state index contributed by atoms with van der Waals surface area (Å²) in [6.45, 7) is 4.46. The molecule has 0 saturated heterocycles. The Hall–Kier alpha value is -1.84. The molecule has 0 unspecified atom stereocenters. The van der Waals surface area contributed by atoms with Crippen LogP contribution in [0, 0.1) is 0 Å². The van der Waals surface area contributed by atoms with Crippen LogP contribution in [0.15, 0.2) is 24.3 Å². The van der Waals surface area contributed by atoms with Gasteiger partial charge < -0.3 is 4.90 Å². The van der Waals surface area contributed by atoms with E-state index in [9.17, 15) is 0 Å². The molecule has 19 heavy (non-hydrogen) atoms. The van der Waals surface area contributed by atoms with Crippen molar-refractivity contribution >= 4 is 5.95 Å². The van der Waals surface area contributed by atoms with Crippen LogP contribution in [-0.2, 0) is 7.05 Å². The maximum atomic E-state index is 4.55. The molecule has 0 aliphatic carbocycles. The molecule has 0 amide bonds. The summed E-state index contributed by atoms with van der Waals surface area (Å²) in [5, 5.41) is 4.46. The van der Waals surface area contributed by atoms with Crippen LogP contribution in [0.3, 0.4) is 0 Å². The van der Waals surface area contributed by atoms with Gasteiger partial charge in [-0.3, -0.25) is 0 Å². The highest BCUT2D eigenvalue weighted by Crippen LogP contribution is 2.23. The van der Waals surface area contributed by atoms with Crippen molar-refractivity contribution in [1.29, 1.82) is 0 Å². The van der Waals surface area contributed by atoms with Gasteiger partial charge in [-0.2, -0.15) is 4.98 Å². The molecule has 0 aliphatic rings. The minimum absolute atomic E-state index is 0.600. The van der Waals surface area contributed by atoms with Gasteiger partial charge in [0.2, 0.25) is 5.95 Å². The standard InChI is InChI=1S/C15H22N4/c1-6-11(2)12-7-9-13(10-8-12)14-16-15(18(3)4)19(5)17-14/h7-11H,6H2,1-5H3/t11-/m0/s1. The summed E-state index contributed by atoms with van der Waals surface area (Å²) < 4.78 is 1.80. The van der Waals surface area contributed by atoms with Crippen LogP contribution in [0.5, 0.6) is 0 Å². The minimum Gasteiger partial charge on any atom is -0.347 e. The van der Waals surface area contributed by atoms with E-state index >= 15 is 0 Å². The molecule has 1 heterocycles. The zero-order valence-corrected chi connectivity index (χ0v) is 12.4. The van der Waals surface area contributed by atoms with E-state index in [-0.39, 0.29) is 0 Å². The summed E-state index contributed by atoms with van der Waals surface area (Å²) in [6.07, 6.45) is 1.16. The van der Waals surface area contributed by atoms with Gasteiger partial charge in [-0.25, -0.2) is 4.68 Å². The number of anilines is 1. The lowest BCUT2D eigenvalue weighted by Crippen LogP contribution is -2.14. The van der Waals surface area contributed by atoms with Crippen LogP contribution in [0.2, 0.25) is 0 Å². The fourth-order valence-electron chi connectivity index (χ4n) is 2.08. The molecule has 0 spiro atoms. The van der Waals surface area contributed by atoms with Gasteiger partial charge in [-0.05, 0) is 17.9 Å². The second-order valence-electron chi connectivity index (χ2n) is 5.18. The van der Waals surface area contributed by atoms with Gasteiger partial charge >= 0.3 is 0 Å². The Balaban J connectivity index is 2.30. The molecule has 1 aromatic carbocycles. The largest absolute Gasteiger partial charge is 0.347 e. The molecule has 1 aromatic heterocycles. The van der Waals surface area contributed by atoms with Crippen molar-refractivity contribution in [2.45, 2.75) is 26.2 Å². The number of rotatable bonds is 4. The lowest BCUT2D eigenvalue weighted by atomic mass is 9.97. The smallest absolute Gasteiger partial charge is 0.223 e. The number of hydrogen-bond acceptors (Lipinski definition) is 3. The van der Waals surface area contributed by atoms with E-state index in [0.29, 0.717) is 5.92 Å². The van der Waals surface area contributed by atoms with Gasteiger partial charge in [0, 0.05) is 26.7 Å². The SMILES string of the molecule is CC[C@H](C)c1ccc(-c2nc(N(C)C)n(C)n2)cc1. The monoisotopic (exact) mass is 258 g/mol. The van der Waals surface area contributed by atoms with Crippen molar-refractivity contribution in [3.05, 3.63) is 29.8 Å². The number of aromatic nitrogens is 3. The number of nitrogens with zero attached hydrogens (tertiary/aromatic N) is 4.